The van der Waals surface area contributed by atoms with E-state index in [1.54, 1.807) is 42.5 Å². The Hall–Kier alpha value is -2.91. The second-order valence-corrected chi connectivity index (χ2v) is 7.59. The lowest BCUT2D eigenvalue weighted by Gasteiger charge is -2.28. The van der Waals surface area contributed by atoms with E-state index in [4.69, 9.17) is 9.15 Å². The van der Waals surface area contributed by atoms with E-state index >= 15 is 0 Å². The molecule has 1 aromatic heterocycles. The highest BCUT2D eigenvalue weighted by Crippen LogP contribution is 2.22. The predicted molar refractivity (Wildman–Crippen MR) is 95.5 cm³/mol. The van der Waals surface area contributed by atoms with Gasteiger partial charge in [-0.1, -0.05) is 0 Å². The number of rotatable bonds is 3. The Morgan fingerprint density at radius 2 is 1.96 bits per heavy atom. The van der Waals surface area contributed by atoms with Gasteiger partial charge in [0.15, 0.2) is 17.9 Å². The molecule has 1 saturated heterocycles. The van der Waals surface area contributed by atoms with Gasteiger partial charge in [-0.25, -0.2) is 13.4 Å². The summed E-state index contributed by atoms with van der Waals surface area (Å²) in [6.07, 6.45) is 1.34. The van der Waals surface area contributed by atoms with Gasteiger partial charge in [-0.05, 0) is 36.4 Å². The van der Waals surface area contributed by atoms with E-state index in [-0.39, 0.29) is 18.4 Å². The molecule has 0 bridgehead atoms. The van der Waals surface area contributed by atoms with Gasteiger partial charge in [0.1, 0.15) is 5.52 Å². The lowest BCUT2D eigenvalue weighted by molar-refractivity contribution is 0.102. The van der Waals surface area contributed by atoms with Gasteiger partial charge in [-0.3, -0.25) is 9.10 Å². The molecule has 0 unspecified atom stereocenters. The fourth-order valence-electron chi connectivity index (χ4n) is 2.72. The minimum atomic E-state index is -3.48. The van der Waals surface area contributed by atoms with Crippen molar-refractivity contribution in [3.63, 3.8) is 0 Å². The minimum absolute atomic E-state index is 0.255. The Labute approximate surface area is 149 Å². The molecule has 0 atom stereocenters. The number of hydrogen-bond acceptors (Lipinski definition) is 6. The first-order valence-corrected chi connectivity index (χ1v) is 9.47. The average molecular weight is 373 g/mol. The number of nitrogens with zero attached hydrogens (tertiary/aromatic N) is 2. The number of nitrogens with one attached hydrogen (secondary N) is 1. The molecule has 0 saturated carbocycles. The molecule has 0 aliphatic carbocycles. The summed E-state index contributed by atoms with van der Waals surface area (Å²) in [6.45, 7) is 0.594. The molecule has 2 heterocycles. The van der Waals surface area contributed by atoms with Crippen LogP contribution in [-0.2, 0) is 14.8 Å². The largest absolute Gasteiger partial charge is 0.443 e. The van der Waals surface area contributed by atoms with Crippen LogP contribution < -0.4 is 9.62 Å². The van der Waals surface area contributed by atoms with Gasteiger partial charge in [0, 0.05) is 17.3 Å². The van der Waals surface area contributed by atoms with Crippen molar-refractivity contribution in [3.05, 3.63) is 54.4 Å². The average Bonchev–Trinajstić information content (AvgIpc) is 3.09. The number of amides is 1. The molecule has 1 fully saturated rings. The van der Waals surface area contributed by atoms with Crippen LogP contribution in [0.3, 0.4) is 0 Å². The number of oxazole rings is 1. The van der Waals surface area contributed by atoms with Crippen molar-refractivity contribution in [1.29, 1.82) is 0 Å². The lowest BCUT2D eigenvalue weighted by atomic mass is 10.2. The Balaban J connectivity index is 1.51. The highest BCUT2D eigenvalue weighted by atomic mass is 32.2. The lowest BCUT2D eigenvalue weighted by Crippen LogP contribution is -2.41. The van der Waals surface area contributed by atoms with Crippen molar-refractivity contribution < 1.29 is 22.4 Å². The normalized spacial score (nSPS) is 16.5. The quantitative estimate of drug-likeness (QED) is 0.755. The van der Waals surface area contributed by atoms with Crippen molar-refractivity contribution in [1.82, 2.24) is 4.98 Å². The van der Waals surface area contributed by atoms with Crippen molar-refractivity contribution in [3.8, 4) is 0 Å². The number of benzene rings is 2. The first kappa shape index (κ1) is 16.6. The smallest absolute Gasteiger partial charge is 0.259 e. The van der Waals surface area contributed by atoms with E-state index in [1.807, 2.05) is 0 Å². The van der Waals surface area contributed by atoms with Gasteiger partial charge in [0.25, 0.3) is 15.9 Å². The second-order valence-electron chi connectivity index (χ2n) is 5.75. The van der Waals surface area contributed by atoms with Crippen LogP contribution in [0.25, 0.3) is 11.1 Å². The fraction of sp³-hybridized carbons (Fsp3) is 0.176. The Bertz CT molecular complexity index is 1060. The van der Waals surface area contributed by atoms with E-state index in [1.165, 1.54) is 10.7 Å². The maximum absolute atomic E-state index is 12.4. The van der Waals surface area contributed by atoms with E-state index in [0.29, 0.717) is 34.6 Å². The molecule has 1 aliphatic rings. The maximum atomic E-state index is 12.4. The van der Waals surface area contributed by atoms with E-state index in [9.17, 15) is 13.2 Å². The number of fused-ring (bicyclic) bond motifs is 1. The molecule has 9 heteroatoms. The summed E-state index contributed by atoms with van der Waals surface area (Å²) in [6, 6.07) is 11.6. The minimum Gasteiger partial charge on any atom is -0.443 e. The highest BCUT2D eigenvalue weighted by Gasteiger charge is 2.26. The zero-order valence-electron chi connectivity index (χ0n) is 13.6. The summed E-state index contributed by atoms with van der Waals surface area (Å²) in [5, 5.41) is 2.78. The van der Waals surface area contributed by atoms with Crippen molar-refractivity contribution >= 4 is 38.4 Å². The fourth-order valence-corrected chi connectivity index (χ4v) is 3.97. The van der Waals surface area contributed by atoms with Crippen LogP contribution in [0.1, 0.15) is 10.4 Å². The van der Waals surface area contributed by atoms with Gasteiger partial charge >= 0.3 is 0 Å². The van der Waals surface area contributed by atoms with Crippen LogP contribution in [0.2, 0.25) is 0 Å². The third kappa shape index (κ3) is 3.14. The van der Waals surface area contributed by atoms with Gasteiger partial charge in [0.2, 0.25) is 0 Å². The summed E-state index contributed by atoms with van der Waals surface area (Å²) >= 11 is 0. The Morgan fingerprint density at radius 1 is 1.15 bits per heavy atom. The van der Waals surface area contributed by atoms with Crippen LogP contribution in [0.4, 0.5) is 11.4 Å². The Kier molecular flexibility index (Phi) is 4.09. The third-order valence-electron chi connectivity index (χ3n) is 4.01. The number of sulfonamides is 1. The summed E-state index contributed by atoms with van der Waals surface area (Å²) in [5.41, 5.74) is 2.79. The van der Waals surface area contributed by atoms with E-state index in [2.05, 4.69) is 10.3 Å². The molecule has 1 aliphatic heterocycles. The van der Waals surface area contributed by atoms with Crippen LogP contribution in [0, 0.1) is 0 Å². The first-order valence-electron chi connectivity index (χ1n) is 7.86. The number of carbonyl (C=O) groups excluding carboxylic acids is 1. The van der Waals surface area contributed by atoms with E-state index in [0.717, 1.165) is 0 Å². The van der Waals surface area contributed by atoms with Gasteiger partial charge in [0.05, 0.1) is 18.8 Å². The number of anilines is 2. The van der Waals surface area contributed by atoms with Crippen LogP contribution in [-0.4, -0.2) is 38.4 Å². The topological polar surface area (TPSA) is 102 Å². The zero-order chi connectivity index (χ0) is 18.1. The number of carbonyl (C=O) groups is 1. The predicted octanol–water partition coefficient (Wildman–Crippen LogP) is 2.20. The molecule has 0 radical (unpaired) electrons. The third-order valence-corrected chi connectivity index (χ3v) is 5.54. The van der Waals surface area contributed by atoms with Gasteiger partial charge in [-0.2, -0.15) is 0 Å². The maximum Gasteiger partial charge on any atom is 0.259 e. The zero-order valence-corrected chi connectivity index (χ0v) is 14.4. The van der Waals surface area contributed by atoms with Gasteiger partial charge < -0.3 is 14.5 Å². The number of aromatic nitrogens is 1. The number of ether oxygens (including phenoxy) is 1. The molecule has 1 amide bonds. The molecule has 2 aromatic carbocycles. The van der Waals surface area contributed by atoms with E-state index < -0.39 is 10.0 Å². The molecule has 0 spiro atoms. The van der Waals surface area contributed by atoms with Crippen LogP contribution in [0.5, 0.6) is 0 Å². The Morgan fingerprint density at radius 3 is 2.73 bits per heavy atom. The first-order chi connectivity index (χ1) is 12.5. The molecule has 8 nitrogen and oxygen atoms in total. The summed E-state index contributed by atoms with van der Waals surface area (Å²) in [4.78, 5) is 16.4. The molecule has 134 valence electrons. The standard InChI is InChI=1S/C17H15N3O5S/c21-17(19-13-3-6-15-16(9-13)25-10-18-15)12-1-4-14(5-2-12)20-7-8-24-11-26(20,22)23/h1-6,9-10H,7-8,11H2,(H,19,21). The molecule has 1 N–H and O–H groups in total. The molecule has 26 heavy (non-hydrogen) atoms. The van der Waals surface area contributed by atoms with Crippen molar-refractivity contribution in [2.75, 3.05) is 28.7 Å². The second kappa shape index (κ2) is 6.43. The monoisotopic (exact) mass is 373 g/mol. The van der Waals surface area contributed by atoms with Crippen LogP contribution in [0.15, 0.2) is 53.3 Å². The van der Waals surface area contributed by atoms with Gasteiger partial charge in [-0.15, -0.1) is 0 Å². The molecular formula is C17H15N3O5S. The summed E-state index contributed by atoms with van der Waals surface area (Å²) < 4.78 is 35.6. The summed E-state index contributed by atoms with van der Waals surface area (Å²) in [7, 11) is -3.48. The van der Waals surface area contributed by atoms with Crippen molar-refractivity contribution in [2.45, 2.75) is 0 Å². The molecular weight excluding hydrogens is 358 g/mol. The van der Waals surface area contributed by atoms with Crippen molar-refractivity contribution in [2.24, 2.45) is 0 Å². The summed E-state index contributed by atoms with van der Waals surface area (Å²) in [5.74, 6) is -0.639. The molecule has 3 aromatic rings. The number of hydrogen-bond donors (Lipinski definition) is 1. The molecule has 4 rings (SSSR count). The SMILES string of the molecule is O=C(Nc1ccc2ncoc2c1)c1ccc(N2CCOCS2(=O)=O)cc1. The highest BCUT2D eigenvalue weighted by molar-refractivity contribution is 7.92. The van der Waals surface area contributed by atoms with Crippen LogP contribution >= 0.6 is 0 Å².